The van der Waals surface area contributed by atoms with E-state index in [-0.39, 0.29) is 17.4 Å². The number of aromatic nitrogens is 2. The number of benzene rings is 1. The van der Waals surface area contributed by atoms with Crippen molar-refractivity contribution < 1.29 is 9.90 Å². The topological polar surface area (TPSA) is 78.3 Å². The number of aromatic amines is 1. The highest BCUT2D eigenvalue weighted by Crippen LogP contribution is 2.34. The fourth-order valence-corrected chi connectivity index (χ4v) is 2.65. The number of rotatable bonds is 1. The number of nitrogens with zero attached hydrogens (tertiary/aromatic N) is 2. The average molecular weight is 277 g/mol. The summed E-state index contributed by atoms with van der Waals surface area (Å²) in [5, 5.41) is 11.0. The summed E-state index contributed by atoms with van der Waals surface area (Å²) in [4.78, 5) is 23.7. The highest BCUT2D eigenvalue weighted by atomic mass is 16.3. The summed E-state index contributed by atoms with van der Waals surface area (Å²) in [6.45, 7) is 1.96. The molecule has 1 aliphatic heterocycles. The van der Waals surface area contributed by atoms with E-state index in [0.717, 1.165) is 16.5 Å². The highest BCUT2D eigenvalue weighted by molar-refractivity contribution is 6.56. The number of carbonyl (C=O) groups excluding carboxylic acids is 1. The molecule has 0 atom stereocenters. The zero-order valence-corrected chi connectivity index (χ0v) is 11.2. The number of ketones is 1. The molecule has 0 aliphatic carbocycles. The van der Waals surface area contributed by atoms with Crippen molar-refractivity contribution in [2.24, 2.45) is 4.99 Å². The smallest absolute Gasteiger partial charge is 0.216 e. The number of pyridine rings is 1. The van der Waals surface area contributed by atoms with Gasteiger partial charge < -0.3 is 10.1 Å². The van der Waals surface area contributed by atoms with Gasteiger partial charge >= 0.3 is 0 Å². The standard InChI is InChI=1S/C16H11N3O2/c1-8-4-5-11-10(7-8)12(16(21)18-11)13-14(20)9-3-2-6-17-15(9)19-13/h2-7,18,21H,1H3. The SMILES string of the molecule is Cc1ccc2[nH]c(O)c(C3=Nc4ncccc4C3=O)c2c1. The Kier molecular flexibility index (Phi) is 2.27. The van der Waals surface area contributed by atoms with Crippen LogP contribution in [0, 0.1) is 6.92 Å². The number of hydrogen-bond acceptors (Lipinski definition) is 4. The molecular weight excluding hydrogens is 266 g/mol. The Morgan fingerprint density at radius 1 is 1.24 bits per heavy atom. The van der Waals surface area contributed by atoms with Gasteiger partial charge in [-0.15, -0.1) is 0 Å². The van der Waals surface area contributed by atoms with Crippen LogP contribution in [0.1, 0.15) is 21.5 Å². The van der Waals surface area contributed by atoms with Gasteiger partial charge in [0, 0.05) is 17.1 Å². The summed E-state index contributed by atoms with van der Waals surface area (Å²) in [6.07, 6.45) is 1.60. The largest absolute Gasteiger partial charge is 0.494 e. The molecule has 1 aliphatic rings. The highest BCUT2D eigenvalue weighted by Gasteiger charge is 2.30. The molecule has 0 bridgehead atoms. The van der Waals surface area contributed by atoms with Crippen LogP contribution in [0.5, 0.6) is 5.88 Å². The van der Waals surface area contributed by atoms with E-state index in [0.29, 0.717) is 16.9 Å². The molecule has 2 aromatic heterocycles. The first kappa shape index (κ1) is 11.8. The van der Waals surface area contributed by atoms with Gasteiger partial charge in [0.2, 0.25) is 5.78 Å². The first-order chi connectivity index (χ1) is 10.1. The molecule has 4 rings (SSSR count). The predicted octanol–water partition coefficient (Wildman–Crippen LogP) is 2.89. The van der Waals surface area contributed by atoms with Crippen molar-refractivity contribution in [1.29, 1.82) is 0 Å². The lowest BCUT2D eigenvalue weighted by molar-refractivity contribution is 0.107. The third-order valence-electron chi connectivity index (χ3n) is 3.64. The van der Waals surface area contributed by atoms with Crippen LogP contribution in [0.2, 0.25) is 0 Å². The van der Waals surface area contributed by atoms with E-state index in [1.807, 2.05) is 25.1 Å². The minimum Gasteiger partial charge on any atom is -0.494 e. The van der Waals surface area contributed by atoms with Gasteiger partial charge in [0.05, 0.1) is 11.1 Å². The number of Topliss-reactive ketones (excluding diaryl/α,β-unsaturated/α-hetero) is 1. The average Bonchev–Trinajstić information content (AvgIpc) is 2.96. The molecule has 2 N–H and O–H groups in total. The van der Waals surface area contributed by atoms with Crippen molar-refractivity contribution in [1.82, 2.24) is 9.97 Å². The number of aromatic hydroxyl groups is 1. The van der Waals surface area contributed by atoms with Crippen molar-refractivity contribution >= 4 is 28.2 Å². The van der Waals surface area contributed by atoms with Crippen molar-refractivity contribution in [3.8, 4) is 5.88 Å². The van der Waals surface area contributed by atoms with Gasteiger partial charge in [-0.05, 0) is 31.2 Å². The maximum atomic E-state index is 12.5. The number of carbonyl (C=O) groups is 1. The summed E-state index contributed by atoms with van der Waals surface area (Å²) < 4.78 is 0. The van der Waals surface area contributed by atoms with Gasteiger partial charge in [-0.2, -0.15) is 0 Å². The third-order valence-corrected chi connectivity index (χ3v) is 3.64. The Labute approximate surface area is 120 Å². The Morgan fingerprint density at radius 3 is 2.90 bits per heavy atom. The van der Waals surface area contributed by atoms with Gasteiger partial charge in [0.15, 0.2) is 11.7 Å². The predicted molar refractivity (Wildman–Crippen MR) is 79.5 cm³/mol. The monoisotopic (exact) mass is 277 g/mol. The lowest BCUT2D eigenvalue weighted by Crippen LogP contribution is -2.10. The Hall–Kier alpha value is -2.95. The summed E-state index contributed by atoms with van der Waals surface area (Å²) in [7, 11) is 0. The molecule has 0 unspecified atom stereocenters. The van der Waals surface area contributed by atoms with E-state index < -0.39 is 0 Å². The second-order valence-corrected chi connectivity index (χ2v) is 5.06. The molecule has 0 fully saturated rings. The Bertz CT molecular complexity index is 938. The number of hydrogen-bond donors (Lipinski definition) is 2. The fourth-order valence-electron chi connectivity index (χ4n) is 2.65. The van der Waals surface area contributed by atoms with Crippen LogP contribution in [0.25, 0.3) is 10.9 Å². The maximum absolute atomic E-state index is 12.5. The third kappa shape index (κ3) is 1.61. The van der Waals surface area contributed by atoms with Crippen LogP contribution in [-0.2, 0) is 0 Å². The molecule has 3 heterocycles. The van der Waals surface area contributed by atoms with Crippen LogP contribution in [0.15, 0.2) is 41.5 Å². The lowest BCUT2D eigenvalue weighted by atomic mass is 10.0. The molecule has 102 valence electrons. The maximum Gasteiger partial charge on any atom is 0.216 e. The molecular formula is C16H11N3O2. The van der Waals surface area contributed by atoms with E-state index in [9.17, 15) is 9.90 Å². The Morgan fingerprint density at radius 2 is 2.10 bits per heavy atom. The van der Waals surface area contributed by atoms with Crippen molar-refractivity contribution in [3.05, 3.63) is 53.2 Å². The van der Waals surface area contributed by atoms with E-state index in [4.69, 9.17) is 0 Å². The minimum absolute atomic E-state index is 0.0458. The summed E-state index contributed by atoms with van der Waals surface area (Å²) >= 11 is 0. The molecule has 0 spiro atoms. The van der Waals surface area contributed by atoms with Gasteiger partial charge in [0.1, 0.15) is 5.71 Å². The van der Waals surface area contributed by atoms with Gasteiger partial charge in [-0.1, -0.05) is 11.6 Å². The minimum atomic E-state index is -0.212. The molecule has 0 saturated carbocycles. The summed E-state index contributed by atoms with van der Waals surface area (Å²) in [5.74, 6) is 0.144. The summed E-state index contributed by atoms with van der Waals surface area (Å²) in [6, 6.07) is 9.13. The molecule has 3 aromatic rings. The van der Waals surface area contributed by atoms with Crippen molar-refractivity contribution in [2.75, 3.05) is 0 Å². The zero-order chi connectivity index (χ0) is 14.6. The van der Waals surface area contributed by atoms with Crippen LogP contribution in [-0.4, -0.2) is 26.6 Å². The van der Waals surface area contributed by atoms with Gasteiger partial charge in [0.25, 0.3) is 0 Å². The fraction of sp³-hybridized carbons (Fsp3) is 0.0625. The lowest BCUT2D eigenvalue weighted by Gasteiger charge is -1.99. The first-order valence-corrected chi connectivity index (χ1v) is 6.55. The number of aryl methyl sites for hydroxylation is 1. The summed E-state index contributed by atoms with van der Waals surface area (Å²) in [5.41, 5.74) is 2.96. The van der Waals surface area contributed by atoms with Crippen LogP contribution in [0.4, 0.5) is 5.82 Å². The van der Waals surface area contributed by atoms with Crippen molar-refractivity contribution in [2.45, 2.75) is 6.92 Å². The van der Waals surface area contributed by atoms with Gasteiger partial charge in [-0.25, -0.2) is 9.98 Å². The van der Waals surface area contributed by atoms with Crippen LogP contribution < -0.4 is 0 Å². The quantitative estimate of drug-likeness (QED) is 0.717. The molecule has 1 aromatic carbocycles. The van der Waals surface area contributed by atoms with Crippen molar-refractivity contribution in [3.63, 3.8) is 0 Å². The van der Waals surface area contributed by atoms with E-state index in [1.54, 1.807) is 18.3 Å². The van der Waals surface area contributed by atoms with Crippen LogP contribution in [0.3, 0.4) is 0 Å². The first-order valence-electron chi connectivity index (χ1n) is 6.55. The molecule has 0 radical (unpaired) electrons. The number of fused-ring (bicyclic) bond motifs is 2. The molecule has 21 heavy (non-hydrogen) atoms. The number of nitrogens with one attached hydrogen (secondary N) is 1. The van der Waals surface area contributed by atoms with Crippen LogP contribution >= 0.6 is 0 Å². The van der Waals surface area contributed by atoms with Gasteiger partial charge in [-0.3, -0.25) is 4.79 Å². The normalized spacial score (nSPS) is 13.6. The second kappa shape index (κ2) is 4.02. The molecule has 5 nitrogen and oxygen atoms in total. The van der Waals surface area contributed by atoms with E-state index >= 15 is 0 Å². The van der Waals surface area contributed by atoms with E-state index in [1.165, 1.54) is 0 Å². The molecule has 0 amide bonds. The zero-order valence-electron chi connectivity index (χ0n) is 11.2. The number of aliphatic imine (C=N–C) groups is 1. The molecule has 0 saturated heterocycles. The number of H-pyrrole nitrogens is 1. The molecule has 5 heteroatoms. The second-order valence-electron chi connectivity index (χ2n) is 5.06. The van der Waals surface area contributed by atoms with E-state index in [2.05, 4.69) is 15.0 Å². The Balaban J connectivity index is 1.99.